The van der Waals surface area contributed by atoms with Crippen molar-refractivity contribution in [3.05, 3.63) is 54.2 Å². The zero-order valence-electron chi connectivity index (χ0n) is 14.5. The Balaban J connectivity index is 1.42. The molecule has 0 radical (unpaired) electrons. The van der Waals surface area contributed by atoms with E-state index in [1.165, 1.54) is 24.5 Å². The van der Waals surface area contributed by atoms with Crippen molar-refractivity contribution in [2.45, 2.75) is 0 Å². The molecule has 0 saturated carbocycles. The quantitative estimate of drug-likeness (QED) is 0.846. The summed E-state index contributed by atoms with van der Waals surface area (Å²) in [4.78, 5) is 39.5. The summed E-state index contributed by atoms with van der Waals surface area (Å²) < 4.78 is 18.6. The van der Waals surface area contributed by atoms with E-state index in [0.717, 1.165) is 0 Å². The fraction of sp³-hybridized carbons (Fsp3) is 0.278. The van der Waals surface area contributed by atoms with Crippen molar-refractivity contribution < 1.29 is 23.2 Å². The van der Waals surface area contributed by atoms with E-state index in [0.29, 0.717) is 26.2 Å². The van der Waals surface area contributed by atoms with E-state index < -0.39 is 17.8 Å². The highest BCUT2D eigenvalue weighted by molar-refractivity contribution is 6.01. The Kier molecular flexibility index (Phi) is 5.82. The van der Waals surface area contributed by atoms with E-state index in [-0.39, 0.29) is 23.9 Å². The fourth-order valence-corrected chi connectivity index (χ4v) is 2.75. The van der Waals surface area contributed by atoms with Crippen molar-refractivity contribution in [1.29, 1.82) is 0 Å². The van der Waals surface area contributed by atoms with Crippen LogP contribution >= 0.6 is 0 Å². The number of anilines is 1. The standard InChI is InChI=1S/C18H19FN4O4/c19-13-4-1-2-5-14(13)20-18(26)21-16(24)12-22-7-9-23(10-8-22)17(25)15-6-3-11-27-15/h1-6,11H,7-10,12H2,(H2,20,21,24,26). The second-order valence-electron chi connectivity index (χ2n) is 6.03. The molecule has 0 aliphatic carbocycles. The summed E-state index contributed by atoms with van der Waals surface area (Å²) in [5.74, 6) is -0.994. The average Bonchev–Trinajstić information content (AvgIpc) is 3.18. The number of halogens is 1. The van der Waals surface area contributed by atoms with Crippen LogP contribution in [0.5, 0.6) is 0 Å². The number of rotatable bonds is 4. The summed E-state index contributed by atoms with van der Waals surface area (Å²) in [5, 5.41) is 4.45. The Bertz CT molecular complexity index is 817. The number of urea groups is 1. The number of nitrogens with one attached hydrogen (secondary N) is 2. The molecule has 2 aromatic rings. The van der Waals surface area contributed by atoms with E-state index in [9.17, 15) is 18.8 Å². The van der Waals surface area contributed by atoms with E-state index in [1.807, 2.05) is 4.90 Å². The lowest BCUT2D eigenvalue weighted by Crippen LogP contribution is -2.51. The zero-order chi connectivity index (χ0) is 19.2. The molecule has 9 heteroatoms. The molecule has 1 aliphatic rings. The van der Waals surface area contributed by atoms with Crippen molar-refractivity contribution in [3.8, 4) is 0 Å². The van der Waals surface area contributed by atoms with Gasteiger partial charge in [0.1, 0.15) is 5.82 Å². The minimum atomic E-state index is -0.795. The van der Waals surface area contributed by atoms with Gasteiger partial charge in [-0.25, -0.2) is 9.18 Å². The molecule has 1 fully saturated rings. The highest BCUT2D eigenvalue weighted by Gasteiger charge is 2.25. The van der Waals surface area contributed by atoms with Crippen LogP contribution in [0, 0.1) is 5.82 Å². The van der Waals surface area contributed by atoms with Crippen LogP contribution in [0.3, 0.4) is 0 Å². The van der Waals surface area contributed by atoms with E-state index in [1.54, 1.807) is 23.1 Å². The third-order valence-corrected chi connectivity index (χ3v) is 4.13. The molecule has 1 aromatic heterocycles. The van der Waals surface area contributed by atoms with Gasteiger partial charge in [-0.15, -0.1) is 0 Å². The van der Waals surface area contributed by atoms with Crippen molar-refractivity contribution >= 4 is 23.5 Å². The Morgan fingerprint density at radius 2 is 1.78 bits per heavy atom. The number of hydrogen-bond acceptors (Lipinski definition) is 5. The van der Waals surface area contributed by atoms with E-state index in [2.05, 4.69) is 10.6 Å². The Labute approximate surface area is 154 Å². The summed E-state index contributed by atoms with van der Waals surface area (Å²) in [6.45, 7) is 1.90. The molecule has 2 heterocycles. The Hall–Kier alpha value is -3.20. The molecule has 2 N–H and O–H groups in total. The van der Waals surface area contributed by atoms with Gasteiger partial charge in [0, 0.05) is 26.2 Å². The first-order valence-electron chi connectivity index (χ1n) is 8.43. The van der Waals surface area contributed by atoms with Crippen LogP contribution in [0.1, 0.15) is 10.6 Å². The molecule has 1 aliphatic heterocycles. The lowest BCUT2D eigenvalue weighted by Gasteiger charge is -2.33. The SMILES string of the molecule is O=C(CN1CCN(C(=O)c2ccco2)CC1)NC(=O)Nc1ccccc1F. The first-order valence-corrected chi connectivity index (χ1v) is 8.43. The lowest BCUT2D eigenvalue weighted by atomic mass is 10.3. The largest absolute Gasteiger partial charge is 0.459 e. The number of furan rings is 1. The van der Waals surface area contributed by atoms with Crippen molar-refractivity contribution in [3.63, 3.8) is 0 Å². The van der Waals surface area contributed by atoms with Crippen LogP contribution in [0.25, 0.3) is 0 Å². The Morgan fingerprint density at radius 3 is 2.44 bits per heavy atom. The number of benzene rings is 1. The second-order valence-corrected chi connectivity index (χ2v) is 6.03. The summed E-state index contributed by atoms with van der Waals surface area (Å²) in [6.07, 6.45) is 1.44. The van der Waals surface area contributed by atoms with Gasteiger partial charge in [-0.1, -0.05) is 12.1 Å². The maximum absolute atomic E-state index is 13.5. The number of imide groups is 1. The first kappa shape index (κ1) is 18.6. The van der Waals surface area contributed by atoms with Crippen LogP contribution in [0.15, 0.2) is 47.1 Å². The topological polar surface area (TPSA) is 94.9 Å². The van der Waals surface area contributed by atoms with Gasteiger partial charge in [0.2, 0.25) is 5.91 Å². The molecule has 142 valence electrons. The van der Waals surface area contributed by atoms with Gasteiger partial charge in [-0.2, -0.15) is 0 Å². The normalized spacial score (nSPS) is 14.6. The van der Waals surface area contributed by atoms with E-state index in [4.69, 9.17) is 4.42 Å². The summed E-state index contributed by atoms with van der Waals surface area (Å²) in [6, 6.07) is 8.15. The van der Waals surface area contributed by atoms with Crippen LogP contribution in [-0.2, 0) is 4.79 Å². The third-order valence-electron chi connectivity index (χ3n) is 4.13. The van der Waals surface area contributed by atoms with Gasteiger partial charge < -0.3 is 14.6 Å². The summed E-state index contributed by atoms with van der Waals surface area (Å²) >= 11 is 0. The Morgan fingerprint density at radius 1 is 1.04 bits per heavy atom. The van der Waals surface area contributed by atoms with Crippen molar-refractivity contribution in [1.82, 2.24) is 15.1 Å². The predicted molar refractivity (Wildman–Crippen MR) is 94.6 cm³/mol. The number of carbonyl (C=O) groups excluding carboxylic acids is 3. The second kappa shape index (κ2) is 8.45. The molecule has 3 rings (SSSR count). The smallest absolute Gasteiger partial charge is 0.326 e. The molecule has 1 aromatic carbocycles. The number of para-hydroxylation sites is 1. The van der Waals surface area contributed by atoms with Gasteiger partial charge in [-0.3, -0.25) is 19.8 Å². The van der Waals surface area contributed by atoms with Gasteiger partial charge >= 0.3 is 6.03 Å². The molecule has 0 unspecified atom stereocenters. The highest BCUT2D eigenvalue weighted by atomic mass is 19.1. The monoisotopic (exact) mass is 374 g/mol. The van der Waals surface area contributed by atoms with Crippen LogP contribution < -0.4 is 10.6 Å². The maximum Gasteiger partial charge on any atom is 0.326 e. The molecule has 0 spiro atoms. The minimum absolute atomic E-state index is 0.00662. The maximum atomic E-state index is 13.5. The molecule has 0 atom stereocenters. The number of nitrogens with zero attached hydrogens (tertiary/aromatic N) is 2. The number of amides is 4. The molecule has 8 nitrogen and oxygen atoms in total. The minimum Gasteiger partial charge on any atom is -0.459 e. The first-order chi connectivity index (χ1) is 13.0. The van der Waals surface area contributed by atoms with Gasteiger partial charge in [0.25, 0.3) is 5.91 Å². The van der Waals surface area contributed by atoms with Crippen LogP contribution in [0.2, 0.25) is 0 Å². The fourth-order valence-electron chi connectivity index (χ4n) is 2.75. The molecule has 1 saturated heterocycles. The predicted octanol–water partition coefficient (Wildman–Crippen LogP) is 1.52. The molecule has 4 amide bonds. The van der Waals surface area contributed by atoms with Crippen LogP contribution in [-0.4, -0.2) is 60.4 Å². The molecular weight excluding hydrogens is 355 g/mol. The highest BCUT2D eigenvalue weighted by Crippen LogP contribution is 2.12. The van der Waals surface area contributed by atoms with Crippen molar-refractivity contribution in [2.24, 2.45) is 0 Å². The average molecular weight is 374 g/mol. The lowest BCUT2D eigenvalue weighted by molar-refractivity contribution is -0.121. The molecular formula is C18H19FN4O4. The molecule has 0 bridgehead atoms. The third kappa shape index (κ3) is 4.91. The van der Waals surface area contributed by atoms with E-state index >= 15 is 0 Å². The van der Waals surface area contributed by atoms with Crippen LogP contribution in [0.4, 0.5) is 14.9 Å². The number of carbonyl (C=O) groups is 3. The van der Waals surface area contributed by atoms with Gasteiger partial charge in [0.05, 0.1) is 18.5 Å². The van der Waals surface area contributed by atoms with Crippen molar-refractivity contribution in [2.75, 3.05) is 38.0 Å². The molecule has 27 heavy (non-hydrogen) atoms. The van der Waals surface area contributed by atoms with Gasteiger partial charge in [-0.05, 0) is 24.3 Å². The summed E-state index contributed by atoms with van der Waals surface area (Å²) in [7, 11) is 0. The number of piperazine rings is 1. The van der Waals surface area contributed by atoms with Gasteiger partial charge in [0.15, 0.2) is 5.76 Å². The number of hydrogen-bond donors (Lipinski definition) is 2. The summed E-state index contributed by atoms with van der Waals surface area (Å²) in [5.41, 5.74) is -0.00662. The zero-order valence-corrected chi connectivity index (χ0v) is 14.5.